The summed E-state index contributed by atoms with van der Waals surface area (Å²) in [6.45, 7) is 0.660. The molecule has 0 spiro atoms. The molecule has 1 rings (SSSR count). The molecule has 1 aliphatic rings. The predicted molar refractivity (Wildman–Crippen MR) is 34.1 cm³/mol. The van der Waals surface area contributed by atoms with Crippen LogP contribution in [-0.4, -0.2) is 10.4 Å². The zero-order chi connectivity index (χ0) is 5.28. The summed E-state index contributed by atoms with van der Waals surface area (Å²) in [5, 5.41) is 2.62. The standard InChI is InChI=1S/C3H3Cl2NS/c4-3-1-6(5)7-2-3/h2H,1H2. The Morgan fingerprint density at radius 1 is 1.86 bits per heavy atom. The van der Waals surface area contributed by atoms with E-state index in [0.717, 1.165) is 5.03 Å². The van der Waals surface area contributed by atoms with E-state index in [1.54, 1.807) is 3.82 Å². The summed E-state index contributed by atoms with van der Waals surface area (Å²) in [5.74, 6) is 0. The summed E-state index contributed by atoms with van der Waals surface area (Å²) in [4.78, 5) is 0. The molecular formula is C3H3Cl2NS. The quantitative estimate of drug-likeness (QED) is 0.390. The van der Waals surface area contributed by atoms with E-state index in [9.17, 15) is 0 Å². The SMILES string of the molecule is ClC1=CSN(Cl)C1. The fraction of sp³-hybridized carbons (Fsp3) is 0.333. The third-order valence-electron chi connectivity index (χ3n) is 0.570. The molecule has 0 saturated carbocycles. The van der Waals surface area contributed by atoms with Crippen molar-refractivity contribution < 1.29 is 0 Å². The minimum absolute atomic E-state index is 0.660. The first kappa shape index (κ1) is 5.76. The highest BCUT2D eigenvalue weighted by atomic mass is 35.5. The molecular weight excluding hydrogens is 153 g/mol. The molecule has 0 radical (unpaired) electrons. The zero-order valence-electron chi connectivity index (χ0n) is 3.40. The second-order valence-electron chi connectivity index (χ2n) is 1.15. The van der Waals surface area contributed by atoms with Crippen LogP contribution >= 0.6 is 35.3 Å². The van der Waals surface area contributed by atoms with Gasteiger partial charge in [0, 0.05) is 10.4 Å². The Morgan fingerprint density at radius 2 is 2.57 bits per heavy atom. The summed E-state index contributed by atoms with van der Waals surface area (Å²) >= 11 is 12.4. The molecule has 7 heavy (non-hydrogen) atoms. The van der Waals surface area contributed by atoms with Crippen molar-refractivity contribution in [1.82, 2.24) is 3.82 Å². The van der Waals surface area contributed by atoms with Crippen molar-refractivity contribution in [2.75, 3.05) is 6.54 Å². The molecule has 4 heteroatoms. The summed E-state index contributed by atoms with van der Waals surface area (Å²) < 4.78 is 1.54. The lowest BCUT2D eigenvalue weighted by atomic mass is 10.7. The van der Waals surface area contributed by atoms with Crippen molar-refractivity contribution in [3.8, 4) is 0 Å². The van der Waals surface area contributed by atoms with E-state index < -0.39 is 0 Å². The second-order valence-corrected chi connectivity index (χ2v) is 3.13. The molecule has 0 aromatic rings. The fourth-order valence-electron chi connectivity index (χ4n) is 0.308. The van der Waals surface area contributed by atoms with Gasteiger partial charge in [-0.25, -0.2) is 0 Å². The maximum absolute atomic E-state index is 5.52. The van der Waals surface area contributed by atoms with E-state index in [1.807, 2.05) is 5.41 Å². The minimum Gasteiger partial charge on any atom is -0.154 e. The van der Waals surface area contributed by atoms with Gasteiger partial charge in [0.05, 0.1) is 6.54 Å². The molecule has 0 atom stereocenters. The van der Waals surface area contributed by atoms with Crippen LogP contribution in [0.5, 0.6) is 0 Å². The van der Waals surface area contributed by atoms with Crippen LogP contribution in [0.3, 0.4) is 0 Å². The Hall–Kier alpha value is 0.630. The van der Waals surface area contributed by atoms with Crippen LogP contribution in [0, 0.1) is 0 Å². The number of rotatable bonds is 0. The van der Waals surface area contributed by atoms with Crippen LogP contribution in [0.2, 0.25) is 0 Å². The van der Waals surface area contributed by atoms with E-state index in [1.165, 1.54) is 11.9 Å². The van der Waals surface area contributed by atoms with Crippen molar-refractivity contribution >= 4 is 35.3 Å². The smallest absolute Gasteiger partial charge is 0.0620 e. The van der Waals surface area contributed by atoms with Crippen molar-refractivity contribution in [3.05, 3.63) is 10.4 Å². The van der Waals surface area contributed by atoms with Crippen molar-refractivity contribution in [3.63, 3.8) is 0 Å². The number of nitrogens with zero attached hydrogens (tertiary/aromatic N) is 1. The molecule has 0 aliphatic carbocycles. The topological polar surface area (TPSA) is 3.24 Å². The van der Waals surface area contributed by atoms with Crippen LogP contribution in [-0.2, 0) is 0 Å². The van der Waals surface area contributed by atoms with Crippen molar-refractivity contribution in [2.24, 2.45) is 0 Å². The third kappa shape index (κ3) is 1.53. The molecule has 0 N–H and O–H groups in total. The first-order valence-electron chi connectivity index (χ1n) is 1.73. The van der Waals surface area contributed by atoms with Crippen LogP contribution < -0.4 is 0 Å². The van der Waals surface area contributed by atoms with E-state index in [2.05, 4.69) is 0 Å². The van der Waals surface area contributed by atoms with Gasteiger partial charge in [-0.05, 0) is 23.7 Å². The van der Waals surface area contributed by atoms with Crippen LogP contribution in [0.4, 0.5) is 0 Å². The van der Waals surface area contributed by atoms with Gasteiger partial charge in [0.25, 0.3) is 0 Å². The predicted octanol–water partition coefficient (Wildman–Crippen LogP) is 2.18. The number of hydrogen-bond acceptors (Lipinski definition) is 2. The van der Waals surface area contributed by atoms with Crippen LogP contribution in [0.1, 0.15) is 0 Å². The normalized spacial score (nSPS) is 22.9. The molecule has 0 saturated heterocycles. The van der Waals surface area contributed by atoms with Gasteiger partial charge in [-0.2, -0.15) is 3.82 Å². The molecule has 0 unspecified atom stereocenters. The monoisotopic (exact) mass is 155 g/mol. The molecule has 0 bridgehead atoms. The van der Waals surface area contributed by atoms with E-state index >= 15 is 0 Å². The first-order valence-corrected chi connectivity index (χ1v) is 3.29. The zero-order valence-corrected chi connectivity index (χ0v) is 5.72. The molecule has 0 aromatic heterocycles. The molecule has 1 nitrogen and oxygen atoms in total. The maximum Gasteiger partial charge on any atom is 0.0620 e. The maximum atomic E-state index is 5.52. The second kappa shape index (κ2) is 2.27. The van der Waals surface area contributed by atoms with Gasteiger partial charge < -0.3 is 0 Å². The van der Waals surface area contributed by atoms with E-state index in [4.69, 9.17) is 23.4 Å². The summed E-state index contributed by atoms with van der Waals surface area (Å²) in [7, 11) is 0. The minimum atomic E-state index is 0.660. The Labute approximate surface area is 56.5 Å². The van der Waals surface area contributed by atoms with Crippen molar-refractivity contribution in [1.29, 1.82) is 0 Å². The van der Waals surface area contributed by atoms with Crippen LogP contribution in [0.25, 0.3) is 0 Å². The largest absolute Gasteiger partial charge is 0.154 e. The average Bonchev–Trinajstić information content (AvgIpc) is 1.87. The lowest BCUT2D eigenvalue weighted by Crippen LogP contribution is -1.94. The lowest BCUT2D eigenvalue weighted by Gasteiger charge is -1.96. The third-order valence-corrected chi connectivity index (χ3v) is 2.03. The highest BCUT2D eigenvalue weighted by molar-refractivity contribution is 8.01. The van der Waals surface area contributed by atoms with Crippen molar-refractivity contribution in [2.45, 2.75) is 0 Å². The van der Waals surface area contributed by atoms with E-state index in [-0.39, 0.29) is 0 Å². The number of halogens is 2. The number of hydrogen-bond donors (Lipinski definition) is 0. The Balaban J connectivity index is 2.42. The highest BCUT2D eigenvalue weighted by Gasteiger charge is 2.08. The molecule has 0 aromatic carbocycles. The van der Waals surface area contributed by atoms with E-state index in [0.29, 0.717) is 6.54 Å². The average molecular weight is 156 g/mol. The summed E-state index contributed by atoms with van der Waals surface area (Å²) in [5.41, 5.74) is 0. The van der Waals surface area contributed by atoms with Gasteiger partial charge in [0.1, 0.15) is 0 Å². The lowest BCUT2D eigenvalue weighted by molar-refractivity contribution is 0.833. The van der Waals surface area contributed by atoms with Gasteiger partial charge in [-0.1, -0.05) is 11.6 Å². The summed E-state index contributed by atoms with van der Waals surface area (Å²) in [6, 6.07) is 0. The van der Waals surface area contributed by atoms with Gasteiger partial charge in [-0.15, -0.1) is 0 Å². The molecule has 40 valence electrons. The van der Waals surface area contributed by atoms with Gasteiger partial charge in [0.2, 0.25) is 0 Å². The van der Waals surface area contributed by atoms with Crippen LogP contribution in [0.15, 0.2) is 10.4 Å². The Bertz CT molecular complexity index is 103. The molecule has 0 fully saturated rings. The van der Waals surface area contributed by atoms with Gasteiger partial charge in [0.15, 0.2) is 0 Å². The molecule has 1 heterocycles. The Kier molecular flexibility index (Phi) is 1.87. The molecule has 0 amide bonds. The first-order chi connectivity index (χ1) is 3.29. The van der Waals surface area contributed by atoms with Gasteiger partial charge >= 0.3 is 0 Å². The Morgan fingerprint density at radius 3 is 2.71 bits per heavy atom. The highest BCUT2D eigenvalue weighted by Crippen LogP contribution is 2.27. The molecule has 1 aliphatic heterocycles. The fourth-order valence-corrected chi connectivity index (χ4v) is 1.44. The van der Waals surface area contributed by atoms with Gasteiger partial charge in [-0.3, -0.25) is 0 Å². The summed E-state index contributed by atoms with van der Waals surface area (Å²) in [6.07, 6.45) is 0.